The molecule has 1 spiro atoms. The minimum Gasteiger partial charge on any atom is -0.436 e. The summed E-state index contributed by atoms with van der Waals surface area (Å²) < 4.78 is 6.99. The van der Waals surface area contributed by atoms with Crippen LogP contribution in [0.2, 0.25) is 5.02 Å². The fraction of sp³-hybridized carbons (Fsp3) is 0.267. The highest BCUT2D eigenvalue weighted by Gasteiger charge is 2.48. The van der Waals surface area contributed by atoms with E-state index in [2.05, 4.69) is 10.3 Å². The number of nitrogens with one attached hydrogen (secondary N) is 1. The van der Waals surface area contributed by atoms with E-state index in [1.807, 2.05) is 0 Å². The highest BCUT2D eigenvalue weighted by molar-refractivity contribution is 6.30. The number of halogens is 1. The molecule has 23 heavy (non-hydrogen) atoms. The zero-order chi connectivity index (χ0) is 16.0. The number of carbonyl (C=O) groups is 2. The predicted molar refractivity (Wildman–Crippen MR) is 82.4 cm³/mol. The highest BCUT2D eigenvalue weighted by atomic mass is 35.5. The maximum absolute atomic E-state index is 12.5. The second-order valence-electron chi connectivity index (χ2n) is 5.62. The van der Waals surface area contributed by atoms with Crippen molar-refractivity contribution in [3.05, 3.63) is 47.5 Å². The topological polar surface area (TPSA) is 76.5 Å². The molecule has 0 radical (unpaired) electrons. The van der Waals surface area contributed by atoms with Crippen molar-refractivity contribution in [2.45, 2.75) is 12.0 Å². The van der Waals surface area contributed by atoms with E-state index in [-0.39, 0.29) is 12.6 Å². The molecule has 2 amide bonds. The molecule has 1 aromatic carbocycles. The standard InChI is InChI=1S/C15H13ClN4O3/c16-10-1-2-12-11(7-10)15(23-13(21)18-12)3-5-19(8-15)14(22)20-6-4-17-9-20/h1-2,4,6-7,9H,3,5,8H2,(H,18,21)/t15-/m0/s1. The monoisotopic (exact) mass is 332 g/mol. The van der Waals surface area contributed by atoms with Gasteiger partial charge in [0.2, 0.25) is 0 Å². The van der Waals surface area contributed by atoms with Gasteiger partial charge in [0, 0.05) is 35.9 Å². The maximum Gasteiger partial charge on any atom is 0.412 e. The van der Waals surface area contributed by atoms with Gasteiger partial charge in [-0.3, -0.25) is 9.88 Å². The molecule has 1 N–H and O–H groups in total. The van der Waals surface area contributed by atoms with E-state index < -0.39 is 11.7 Å². The Balaban J connectivity index is 1.69. The largest absolute Gasteiger partial charge is 0.436 e. The minimum atomic E-state index is -0.862. The first-order valence-corrected chi connectivity index (χ1v) is 7.52. The van der Waals surface area contributed by atoms with Crippen LogP contribution < -0.4 is 5.32 Å². The van der Waals surface area contributed by atoms with Crippen molar-refractivity contribution in [3.8, 4) is 0 Å². The normalized spacial score (nSPS) is 22.7. The van der Waals surface area contributed by atoms with Gasteiger partial charge in [-0.25, -0.2) is 14.6 Å². The summed E-state index contributed by atoms with van der Waals surface area (Å²) >= 11 is 6.09. The Morgan fingerprint density at radius 1 is 1.43 bits per heavy atom. The Bertz CT molecular complexity index is 792. The third kappa shape index (κ3) is 2.24. The SMILES string of the molecule is O=C1Nc2ccc(Cl)cc2[C@@]2(CCN(C(=O)n3ccnc3)C2)O1. The Morgan fingerprint density at radius 2 is 2.30 bits per heavy atom. The first-order chi connectivity index (χ1) is 11.1. The molecule has 1 fully saturated rings. The molecule has 0 unspecified atom stereocenters. The third-order valence-electron chi connectivity index (χ3n) is 4.22. The number of ether oxygens (including phenoxy) is 1. The molecule has 1 atom stereocenters. The molecule has 0 saturated carbocycles. The van der Waals surface area contributed by atoms with Crippen LogP contribution in [0, 0.1) is 0 Å². The molecule has 1 aromatic heterocycles. The van der Waals surface area contributed by atoms with E-state index >= 15 is 0 Å². The van der Waals surface area contributed by atoms with Crippen molar-refractivity contribution >= 4 is 29.4 Å². The zero-order valence-corrected chi connectivity index (χ0v) is 12.8. The molecule has 2 aliphatic rings. The molecule has 0 bridgehead atoms. The summed E-state index contributed by atoms with van der Waals surface area (Å²) in [6, 6.07) is 5.04. The van der Waals surface area contributed by atoms with Crippen molar-refractivity contribution in [1.29, 1.82) is 0 Å². The summed E-state index contributed by atoms with van der Waals surface area (Å²) in [5.41, 5.74) is 0.604. The lowest BCUT2D eigenvalue weighted by atomic mass is 9.90. The van der Waals surface area contributed by atoms with Crippen LogP contribution in [0.3, 0.4) is 0 Å². The third-order valence-corrected chi connectivity index (χ3v) is 4.46. The number of imidazole rings is 1. The number of carbonyl (C=O) groups excluding carboxylic acids is 2. The summed E-state index contributed by atoms with van der Waals surface area (Å²) in [5.74, 6) is 0. The number of hydrogen-bond donors (Lipinski definition) is 1. The van der Waals surface area contributed by atoms with E-state index in [0.717, 1.165) is 5.56 Å². The van der Waals surface area contributed by atoms with E-state index in [0.29, 0.717) is 23.7 Å². The predicted octanol–water partition coefficient (Wildman–Crippen LogP) is 2.67. The lowest BCUT2D eigenvalue weighted by Gasteiger charge is -2.35. The maximum atomic E-state index is 12.5. The van der Waals surface area contributed by atoms with Gasteiger partial charge in [-0.2, -0.15) is 0 Å². The van der Waals surface area contributed by atoms with Gasteiger partial charge in [0.1, 0.15) is 6.33 Å². The van der Waals surface area contributed by atoms with Gasteiger partial charge < -0.3 is 9.64 Å². The van der Waals surface area contributed by atoms with Gasteiger partial charge in [0.25, 0.3) is 0 Å². The average Bonchev–Trinajstić information content (AvgIpc) is 3.18. The molecule has 7 nitrogen and oxygen atoms in total. The van der Waals surface area contributed by atoms with Crippen molar-refractivity contribution in [1.82, 2.24) is 14.5 Å². The van der Waals surface area contributed by atoms with Crippen LogP contribution in [0.25, 0.3) is 0 Å². The molecule has 2 aromatic rings. The second kappa shape index (κ2) is 4.99. The summed E-state index contributed by atoms with van der Waals surface area (Å²) in [6.45, 7) is 0.765. The molecule has 0 aliphatic carbocycles. The first-order valence-electron chi connectivity index (χ1n) is 7.15. The van der Waals surface area contributed by atoms with Crippen LogP contribution in [0.1, 0.15) is 12.0 Å². The highest BCUT2D eigenvalue weighted by Crippen LogP contribution is 2.43. The van der Waals surface area contributed by atoms with Gasteiger partial charge in [-0.1, -0.05) is 11.6 Å². The number of aromatic nitrogens is 2. The van der Waals surface area contributed by atoms with Gasteiger partial charge in [0.05, 0.1) is 12.2 Å². The average molecular weight is 333 g/mol. The van der Waals surface area contributed by atoms with Crippen LogP contribution in [-0.4, -0.2) is 39.7 Å². The van der Waals surface area contributed by atoms with Crippen LogP contribution in [0.15, 0.2) is 36.9 Å². The Morgan fingerprint density at radius 3 is 3.09 bits per heavy atom. The quantitative estimate of drug-likeness (QED) is 0.804. The Kier molecular flexibility index (Phi) is 3.05. The van der Waals surface area contributed by atoms with E-state index in [1.54, 1.807) is 35.5 Å². The van der Waals surface area contributed by atoms with Crippen molar-refractivity contribution in [2.75, 3.05) is 18.4 Å². The smallest absolute Gasteiger partial charge is 0.412 e. The number of fused-ring (bicyclic) bond motifs is 2. The van der Waals surface area contributed by atoms with Crippen molar-refractivity contribution < 1.29 is 14.3 Å². The number of nitrogens with zero attached hydrogens (tertiary/aromatic N) is 3. The van der Waals surface area contributed by atoms with Crippen LogP contribution in [0.4, 0.5) is 15.3 Å². The number of likely N-dealkylation sites (tertiary alicyclic amines) is 1. The summed E-state index contributed by atoms with van der Waals surface area (Å²) in [4.78, 5) is 29.9. The van der Waals surface area contributed by atoms with Crippen LogP contribution in [0.5, 0.6) is 0 Å². The fourth-order valence-electron chi connectivity index (χ4n) is 3.15. The number of rotatable bonds is 0. The molecule has 8 heteroatoms. The summed E-state index contributed by atoms with van der Waals surface area (Å²) in [6.07, 6.45) is 4.59. The molecular formula is C15H13ClN4O3. The molecular weight excluding hydrogens is 320 g/mol. The van der Waals surface area contributed by atoms with E-state index in [1.165, 1.54) is 10.9 Å². The van der Waals surface area contributed by atoms with Crippen LogP contribution >= 0.6 is 11.6 Å². The van der Waals surface area contributed by atoms with Gasteiger partial charge >= 0.3 is 12.1 Å². The van der Waals surface area contributed by atoms with E-state index in [4.69, 9.17) is 16.3 Å². The van der Waals surface area contributed by atoms with Gasteiger partial charge in [-0.15, -0.1) is 0 Å². The lowest BCUT2D eigenvalue weighted by molar-refractivity contribution is 0.0214. The minimum absolute atomic E-state index is 0.197. The molecule has 2 aliphatic heterocycles. The fourth-order valence-corrected chi connectivity index (χ4v) is 3.33. The molecule has 4 rings (SSSR count). The summed E-state index contributed by atoms with van der Waals surface area (Å²) in [5, 5.41) is 3.23. The number of benzene rings is 1. The van der Waals surface area contributed by atoms with Crippen LogP contribution in [-0.2, 0) is 10.3 Å². The molecule has 118 valence electrons. The zero-order valence-electron chi connectivity index (χ0n) is 12.0. The number of hydrogen-bond acceptors (Lipinski definition) is 4. The number of anilines is 1. The van der Waals surface area contributed by atoms with E-state index in [9.17, 15) is 9.59 Å². The molecule has 1 saturated heterocycles. The van der Waals surface area contributed by atoms with Gasteiger partial charge in [-0.05, 0) is 18.2 Å². The Hall–Kier alpha value is -2.54. The lowest BCUT2D eigenvalue weighted by Crippen LogP contribution is -2.43. The first kappa shape index (κ1) is 14.1. The number of amides is 2. The van der Waals surface area contributed by atoms with Gasteiger partial charge in [0.15, 0.2) is 5.60 Å². The summed E-state index contributed by atoms with van der Waals surface area (Å²) in [7, 11) is 0. The second-order valence-corrected chi connectivity index (χ2v) is 6.06. The molecule has 3 heterocycles. The Labute approximate surface area is 136 Å². The van der Waals surface area contributed by atoms with Crippen molar-refractivity contribution in [3.63, 3.8) is 0 Å². The van der Waals surface area contributed by atoms with Crippen molar-refractivity contribution in [2.24, 2.45) is 0 Å².